The van der Waals surface area contributed by atoms with Gasteiger partial charge in [0.2, 0.25) is 0 Å². The summed E-state index contributed by atoms with van der Waals surface area (Å²) in [4.78, 5) is 0. The van der Waals surface area contributed by atoms with Gasteiger partial charge in [0.15, 0.2) is 0 Å². The molecule has 1 unspecified atom stereocenters. The van der Waals surface area contributed by atoms with Crippen molar-refractivity contribution in [3.05, 3.63) is 0 Å². The zero-order chi connectivity index (χ0) is 5.49. The molecule has 1 atom stereocenters. The van der Waals surface area contributed by atoms with Gasteiger partial charge in [-0.15, -0.1) is 0 Å². The van der Waals surface area contributed by atoms with Crippen LogP contribution in [0.2, 0.25) is 0 Å². The summed E-state index contributed by atoms with van der Waals surface area (Å²) in [5.41, 5.74) is -0.0330. The highest BCUT2D eigenvalue weighted by Crippen LogP contribution is 2.34. The molecule has 1 heterocycles. The Hall–Kier alpha value is -0.0800. The molecular weight excluding hydrogens is 92.1 g/mol. The van der Waals surface area contributed by atoms with Gasteiger partial charge in [-0.2, -0.15) is 0 Å². The number of epoxide rings is 1. The van der Waals surface area contributed by atoms with Crippen LogP contribution in [-0.4, -0.2) is 23.4 Å². The predicted octanol–water partition coefficient (Wildman–Crippen LogP) is 0.156. The summed E-state index contributed by atoms with van der Waals surface area (Å²) in [6.45, 7) is 4.09. The van der Waals surface area contributed by atoms with E-state index < -0.39 is 0 Å². The molecule has 0 aromatic rings. The summed E-state index contributed by atoms with van der Waals surface area (Å²) in [6.07, 6.45) is 0.104. The summed E-state index contributed by atoms with van der Waals surface area (Å²) >= 11 is 0. The average molecular weight is 102 g/mol. The van der Waals surface area contributed by atoms with Crippen molar-refractivity contribution in [1.82, 2.24) is 0 Å². The lowest BCUT2D eigenvalue weighted by molar-refractivity contribution is 0.238. The molecule has 0 spiro atoms. The number of aliphatic hydroxyl groups excluding tert-OH is 1. The van der Waals surface area contributed by atoms with Gasteiger partial charge in [-0.05, 0) is 13.8 Å². The maximum absolute atomic E-state index is 8.42. The van der Waals surface area contributed by atoms with Gasteiger partial charge < -0.3 is 9.84 Å². The minimum absolute atomic E-state index is 0.0330. The van der Waals surface area contributed by atoms with Gasteiger partial charge >= 0.3 is 0 Å². The van der Waals surface area contributed by atoms with Crippen molar-refractivity contribution in [1.29, 1.82) is 0 Å². The van der Waals surface area contributed by atoms with Gasteiger partial charge in [0.05, 0.1) is 12.2 Å². The van der Waals surface area contributed by atoms with Gasteiger partial charge in [0, 0.05) is 0 Å². The molecule has 1 rings (SSSR count). The lowest BCUT2D eigenvalue weighted by atomic mass is 10.1. The van der Waals surface area contributed by atoms with Crippen LogP contribution < -0.4 is 0 Å². The second kappa shape index (κ2) is 1.20. The molecule has 2 nitrogen and oxygen atoms in total. The van der Waals surface area contributed by atoms with E-state index >= 15 is 0 Å². The van der Waals surface area contributed by atoms with Crippen molar-refractivity contribution < 1.29 is 9.84 Å². The third-order valence-electron chi connectivity index (χ3n) is 1.33. The predicted molar refractivity (Wildman–Crippen MR) is 26.0 cm³/mol. The smallest absolute Gasteiger partial charge is 0.110 e. The monoisotopic (exact) mass is 102 g/mol. The zero-order valence-electron chi connectivity index (χ0n) is 4.64. The van der Waals surface area contributed by atoms with E-state index in [0.717, 1.165) is 0 Å². The van der Waals surface area contributed by atoms with Gasteiger partial charge in [0.25, 0.3) is 0 Å². The molecule has 1 fully saturated rings. The Balaban J connectivity index is 2.30. The van der Waals surface area contributed by atoms with Gasteiger partial charge in [-0.3, -0.25) is 0 Å². The van der Waals surface area contributed by atoms with Crippen LogP contribution in [0.3, 0.4) is 0 Å². The van der Waals surface area contributed by atoms with Crippen LogP contribution in [-0.2, 0) is 4.74 Å². The fourth-order valence-corrected chi connectivity index (χ4v) is 0.590. The molecule has 2 heteroatoms. The van der Waals surface area contributed by atoms with E-state index in [-0.39, 0.29) is 18.3 Å². The normalized spacial score (nSPS) is 35.6. The molecule has 0 aliphatic carbocycles. The fourth-order valence-electron chi connectivity index (χ4n) is 0.590. The summed E-state index contributed by atoms with van der Waals surface area (Å²) in [5.74, 6) is 0. The van der Waals surface area contributed by atoms with E-state index in [9.17, 15) is 0 Å². The summed E-state index contributed by atoms with van der Waals surface area (Å²) in [7, 11) is 0. The van der Waals surface area contributed by atoms with Crippen LogP contribution in [0.25, 0.3) is 0 Å². The maximum Gasteiger partial charge on any atom is 0.110 e. The summed E-state index contributed by atoms with van der Waals surface area (Å²) in [5, 5.41) is 8.42. The zero-order valence-corrected chi connectivity index (χ0v) is 4.64. The van der Waals surface area contributed by atoms with Crippen LogP contribution >= 0.6 is 0 Å². The van der Waals surface area contributed by atoms with Crippen molar-refractivity contribution in [3.8, 4) is 0 Å². The maximum atomic E-state index is 8.42. The Morgan fingerprint density at radius 2 is 2.14 bits per heavy atom. The van der Waals surface area contributed by atoms with Crippen molar-refractivity contribution in [2.24, 2.45) is 0 Å². The lowest BCUT2D eigenvalue weighted by Gasteiger charge is -1.87. The Morgan fingerprint density at radius 3 is 2.14 bits per heavy atom. The first-order valence-corrected chi connectivity index (χ1v) is 2.45. The molecule has 0 radical (unpaired) electrons. The Labute approximate surface area is 43.1 Å². The van der Waals surface area contributed by atoms with E-state index in [4.69, 9.17) is 9.84 Å². The number of aliphatic hydroxyl groups is 1. The standard InChI is InChI=1S/C5H10O2/c1-5(2)4(3-6)7-5/h4,6H,3H2,1-2H3. The van der Waals surface area contributed by atoms with Gasteiger partial charge in [-0.25, -0.2) is 0 Å². The van der Waals surface area contributed by atoms with E-state index in [1.54, 1.807) is 0 Å². The van der Waals surface area contributed by atoms with Crippen molar-refractivity contribution in [3.63, 3.8) is 0 Å². The molecule has 0 amide bonds. The molecule has 1 saturated heterocycles. The molecule has 0 saturated carbocycles. The number of hydrogen-bond donors (Lipinski definition) is 1. The van der Waals surface area contributed by atoms with Gasteiger partial charge in [0.1, 0.15) is 6.10 Å². The fraction of sp³-hybridized carbons (Fsp3) is 1.00. The highest BCUT2D eigenvalue weighted by molar-refractivity contribution is 4.93. The molecule has 0 bridgehead atoms. The molecule has 7 heavy (non-hydrogen) atoms. The molecule has 1 aliphatic rings. The molecule has 0 aromatic carbocycles. The van der Waals surface area contributed by atoms with E-state index in [0.29, 0.717) is 0 Å². The van der Waals surface area contributed by atoms with E-state index in [1.807, 2.05) is 13.8 Å². The minimum atomic E-state index is -0.0330. The third-order valence-corrected chi connectivity index (χ3v) is 1.33. The molecule has 1 N–H and O–H groups in total. The van der Waals surface area contributed by atoms with Crippen molar-refractivity contribution in [2.75, 3.05) is 6.61 Å². The largest absolute Gasteiger partial charge is 0.394 e. The Morgan fingerprint density at radius 1 is 1.71 bits per heavy atom. The third kappa shape index (κ3) is 0.763. The number of rotatable bonds is 1. The van der Waals surface area contributed by atoms with Crippen LogP contribution in [0, 0.1) is 0 Å². The Bertz CT molecular complexity index is 78.1. The first-order chi connectivity index (χ1) is 3.17. The highest BCUT2D eigenvalue weighted by Gasteiger charge is 2.46. The minimum Gasteiger partial charge on any atom is -0.394 e. The quantitative estimate of drug-likeness (QED) is 0.478. The van der Waals surface area contributed by atoms with E-state index in [1.165, 1.54) is 0 Å². The van der Waals surface area contributed by atoms with E-state index in [2.05, 4.69) is 0 Å². The average Bonchev–Trinajstić information content (AvgIpc) is 2.13. The molecular formula is C5H10O2. The molecule has 0 aromatic heterocycles. The lowest BCUT2D eigenvalue weighted by Crippen LogP contribution is -2.05. The van der Waals surface area contributed by atoms with Gasteiger partial charge in [-0.1, -0.05) is 0 Å². The topological polar surface area (TPSA) is 32.8 Å². The van der Waals surface area contributed by atoms with Crippen LogP contribution in [0.1, 0.15) is 13.8 Å². The first kappa shape index (κ1) is 5.06. The summed E-state index contributed by atoms with van der Waals surface area (Å²) in [6, 6.07) is 0. The SMILES string of the molecule is CC1(C)OC1CO. The molecule has 1 aliphatic heterocycles. The summed E-state index contributed by atoms with van der Waals surface area (Å²) < 4.78 is 5.00. The van der Waals surface area contributed by atoms with Crippen LogP contribution in [0.5, 0.6) is 0 Å². The highest BCUT2D eigenvalue weighted by atomic mass is 16.6. The van der Waals surface area contributed by atoms with Crippen molar-refractivity contribution >= 4 is 0 Å². The number of ether oxygens (including phenoxy) is 1. The first-order valence-electron chi connectivity index (χ1n) is 2.45. The molecule has 42 valence electrons. The number of hydrogen-bond acceptors (Lipinski definition) is 2. The Kier molecular flexibility index (Phi) is 0.869. The van der Waals surface area contributed by atoms with Crippen molar-refractivity contribution in [2.45, 2.75) is 25.6 Å². The van der Waals surface area contributed by atoms with Crippen LogP contribution in [0.4, 0.5) is 0 Å². The second-order valence-corrected chi connectivity index (χ2v) is 2.39. The van der Waals surface area contributed by atoms with Crippen LogP contribution in [0.15, 0.2) is 0 Å². The second-order valence-electron chi connectivity index (χ2n) is 2.39.